The molecule has 2 amide bonds. The molecule has 7 heteroatoms. The minimum Gasteiger partial charge on any atom is -0.357 e. The molecule has 0 saturated carbocycles. The third-order valence-electron chi connectivity index (χ3n) is 4.61. The van der Waals surface area contributed by atoms with Crippen molar-refractivity contribution in [3.63, 3.8) is 0 Å². The van der Waals surface area contributed by atoms with Crippen LogP contribution in [0.3, 0.4) is 0 Å². The highest BCUT2D eigenvalue weighted by molar-refractivity contribution is 5.94. The molecule has 2 aromatic carbocycles. The Hall–Kier alpha value is -3.35. The van der Waals surface area contributed by atoms with Crippen molar-refractivity contribution >= 4 is 17.8 Å². The molecule has 0 unspecified atom stereocenters. The van der Waals surface area contributed by atoms with Crippen molar-refractivity contribution in [2.24, 2.45) is 4.99 Å². The standard InChI is InChI=1S/C24H33N5O2/c1-4-13-27-23(31)21-11-7-9-19(16-21)17-29-24(26-5-2)28-14-12-18-8-6-10-20(15-18)22(30)25-3/h6-11,15-16H,4-5,12-14,17H2,1-3H3,(H,25,30)(H,27,31)(H2,26,28,29). The summed E-state index contributed by atoms with van der Waals surface area (Å²) in [7, 11) is 1.63. The number of nitrogens with zero attached hydrogens (tertiary/aromatic N) is 1. The second-order valence-electron chi connectivity index (χ2n) is 7.11. The van der Waals surface area contributed by atoms with E-state index in [0.29, 0.717) is 36.7 Å². The van der Waals surface area contributed by atoms with Crippen molar-refractivity contribution in [3.05, 3.63) is 70.8 Å². The molecular weight excluding hydrogens is 390 g/mol. The average molecular weight is 424 g/mol. The number of rotatable bonds is 10. The summed E-state index contributed by atoms with van der Waals surface area (Å²) in [6.07, 6.45) is 1.67. The van der Waals surface area contributed by atoms with Gasteiger partial charge in [-0.25, -0.2) is 4.99 Å². The van der Waals surface area contributed by atoms with Crippen LogP contribution in [0.1, 0.15) is 52.1 Å². The van der Waals surface area contributed by atoms with Crippen molar-refractivity contribution in [2.75, 3.05) is 26.7 Å². The number of aliphatic imine (C=N–C) groups is 1. The Kier molecular flexibility index (Phi) is 10.1. The first-order valence-corrected chi connectivity index (χ1v) is 10.8. The lowest BCUT2D eigenvalue weighted by atomic mass is 10.1. The number of nitrogens with one attached hydrogen (secondary N) is 4. The molecule has 31 heavy (non-hydrogen) atoms. The smallest absolute Gasteiger partial charge is 0.251 e. The third kappa shape index (κ3) is 8.12. The highest BCUT2D eigenvalue weighted by Crippen LogP contribution is 2.08. The predicted molar refractivity (Wildman–Crippen MR) is 125 cm³/mol. The highest BCUT2D eigenvalue weighted by Gasteiger charge is 2.06. The first kappa shape index (κ1) is 23.9. The van der Waals surface area contributed by atoms with Crippen molar-refractivity contribution in [1.82, 2.24) is 21.3 Å². The van der Waals surface area contributed by atoms with Crippen LogP contribution in [-0.2, 0) is 13.0 Å². The van der Waals surface area contributed by atoms with Crippen LogP contribution in [0.25, 0.3) is 0 Å². The van der Waals surface area contributed by atoms with E-state index in [1.165, 1.54) is 0 Å². The van der Waals surface area contributed by atoms with Gasteiger partial charge in [0, 0.05) is 37.8 Å². The zero-order valence-electron chi connectivity index (χ0n) is 18.6. The molecule has 0 aliphatic rings. The molecule has 2 aromatic rings. The lowest BCUT2D eigenvalue weighted by Crippen LogP contribution is -2.38. The molecule has 0 radical (unpaired) electrons. The van der Waals surface area contributed by atoms with E-state index >= 15 is 0 Å². The number of hydrogen-bond acceptors (Lipinski definition) is 3. The van der Waals surface area contributed by atoms with Gasteiger partial charge in [0.15, 0.2) is 5.96 Å². The Morgan fingerprint density at radius 1 is 0.839 bits per heavy atom. The Morgan fingerprint density at radius 3 is 2.19 bits per heavy atom. The molecule has 166 valence electrons. The second-order valence-corrected chi connectivity index (χ2v) is 7.11. The predicted octanol–water partition coefficient (Wildman–Crippen LogP) is 2.48. The van der Waals surface area contributed by atoms with E-state index in [4.69, 9.17) is 0 Å². The number of hydrogen-bond donors (Lipinski definition) is 4. The van der Waals surface area contributed by atoms with Crippen LogP contribution in [0.4, 0.5) is 0 Å². The van der Waals surface area contributed by atoms with Crippen LogP contribution in [0, 0.1) is 0 Å². The molecule has 0 spiro atoms. The molecule has 0 saturated heterocycles. The topological polar surface area (TPSA) is 94.6 Å². The van der Waals surface area contributed by atoms with Crippen molar-refractivity contribution in [3.8, 4) is 0 Å². The van der Waals surface area contributed by atoms with Crippen LogP contribution in [-0.4, -0.2) is 44.5 Å². The Balaban J connectivity index is 1.95. The maximum atomic E-state index is 12.2. The number of guanidine groups is 1. The fourth-order valence-corrected chi connectivity index (χ4v) is 3.00. The van der Waals surface area contributed by atoms with Crippen molar-refractivity contribution < 1.29 is 9.59 Å². The van der Waals surface area contributed by atoms with E-state index in [0.717, 1.165) is 30.5 Å². The number of carbonyl (C=O) groups excluding carboxylic acids is 2. The Bertz CT molecular complexity index is 895. The van der Waals surface area contributed by atoms with Gasteiger partial charge < -0.3 is 21.3 Å². The van der Waals surface area contributed by atoms with Gasteiger partial charge in [0.05, 0.1) is 6.54 Å². The molecule has 0 aliphatic heterocycles. The summed E-state index contributed by atoms with van der Waals surface area (Å²) in [5.41, 5.74) is 3.36. The summed E-state index contributed by atoms with van der Waals surface area (Å²) in [6.45, 7) is 6.61. The van der Waals surface area contributed by atoms with Gasteiger partial charge in [0.2, 0.25) is 0 Å². The van der Waals surface area contributed by atoms with Gasteiger partial charge in [0.1, 0.15) is 0 Å². The van der Waals surface area contributed by atoms with Gasteiger partial charge in [-0.1, -0.05) is 31.2 Å². The summed E-state index contributed by atoms with van der Waals surface area (Å²) in [6, 6.07) is 15.1. The largest absolute Gasteiger partial charge is 0.357 e. The zero-order chi connectivity index (χ0) is 22.5. The highest BCUT2D eigenvalue weighted by atomic mass is 16.2. The monoisotopic (exact) mass is 423 g/mol. The van der Waals surface area contributed by atoms with E-state index in [1.807, 2.05) is 56.3 Å². The van der Waals surface area contributed by atoms with Crippen LogP contribution in [0.2, 0.25) is 0 Å². The van der Waals surface area contributed by atoms with Gasteiger partial charge in [-0.3, -0.25) is 9.59 Å². The Labute approximate surface area is 184 Å². The molecule has 0 atom stereocenters. The molecule has 0 heterocycles. The Morgan fingerprint density at radius 2 is 1.52 bits per heavy atom. The molecule has 7 nitrogen and oxygen atoms in total. The van der Waals surface area contributed by atoms with Crippen LogP contribution < -0.4 is 21.3 Å². The first-order chi connectivity index (χ1) is 15.1. The van der Waals surface area contributed by atoms with E-state index in [1.54, 1.807) is 13.1 Å². The number of amides is 2. The lowest BCUT2D eigenvalue weighted by Gasteiger charge is -2.12. The third-order valence-corrected chi connectivity index (χ3v) is 4.61. The molecule has 0 fully saturated rings. The van der Waals surface area contributed by atoms with Crippen LogP contribution in [0.15, 0.2) is 53.5 Å². The fraction of sp³-hybridized carbons (Fsp3) is 0.375. The zero-order valence-corrected chi connectivity index (χ0v) is 18.6. The number of carbonyl (C=O) groups is 2. The molecule has 2 rings (SSSR count). The lowest BCUT2D eigenvalue weighted by molar-refractivity contribution is 0.0949. The normalized spacial score (nSPS) is 11.0. The number of benzene rings is 2. The van der Waals surface area contributed by atoms with Crippen molar-refractivity contribution in [2.45, 2.75) is 33.2 Å². The SMILES string of the molecule is CCCNC(=O)c1cccc(CN=C(NCC)NCCc2cccc(C(=O)NC)c2)c1. The minimum absolute atomic E-state index is 0.0586. The van der Waals surface area contributed by atoms with Crippen LogP contribution in [0.5, 0.6) is 0 Å². The quantitative estimate of drug-likeness (QED) is 0.349. The second kappa shape index (κ2) is 13.1. The summed E-state index contributed by atoms with van der Waals surface area (Å²) >= 11 is 0. The maximum absolute atomic E-state index is 12.2. The molecule has 0 aromatic heterocycles. The first-order valence-electron chi connectivity index (χ1n) is 10.8. The minimum atomic E-state index is -0.0877. The van der Waals surface area contributed by atoms with Gasteiger partial charge in [0.25, 0.3) is 11.8 Å². The fourth-order valence-electron chi connectivity index (χ4n) is 3.00. The van der Waals surface area contributed by atoms with E-state index in [9.17, 15) is 9.59 Å². The van der Waals surface area contributed by atoms with Gasteiger partial charge in [-0.2, -0.15) is 0 Å². The van der Waals surface area contributed by atoms with Crippen LogP contribution >= 0.6 is 0 Å². The van der Waals surface area contributed by atoms with E-state index < -0.39 is 0 Å². The maximum Gasteiger partial charge on any atom is 0.251 e. The summed E-state index contributed by atoms with van der Waals surface area (Å²) in [4.78, 5) is 28.6. The summed E-state index contributed by atoms with van der Waals surface area (Å²) in [5.74, 6) is 0.567. The molecule has 4 N–H and O–H groups in total. The van der Waals surface area contributed by atoms with E-state index in [2.05, 4.69) is 26.3 Å². The molecule has 0 bridgehead atoms. The summed E-state index contributed by atoms with van der Waals surface area (Å²) < 4.78 is 0. The van der Waals surface area contributed by atoms with Gasteiger partial charge in [-0.15, -0.1) is 0 Å². The van der Waals surface area contributed by atoms with Crippen molar-refractivity contribution in [1.29, 1.82) is 0 Å². The average Bonchev–Trinajstić information content (AvgIpc) is 2.80. The molecule has 0 aliphatic carbocycles. The van der Waals surface area contributed by atoms with E-state index in [-0.39, 0.29) is 11.8 Å². The summed E-state index contributed by atoms with van der Waals surface area (Å²) in [5, 5.41) is 12.1. The van der Waals surface area contributed by atoms with Gasteiger partial charge >= 0.3 is 0 Å². The molecular formula is C24H33N5O2. The van der Waals surface area contributed by atoms with Gasteiger partial charge in [-0.05, 0) is 55.2 Å².